The van der Waals surface area contributed by atoms with Gasteiger partial charge in [0.15, 0.2) is 5.78 Å². The molecule has 2 heterocycles. The predicted octanol–water partition coefficient (Wildman–Crippen LogP) is 1.13. The molecule has 0 saturated carbocycles. The van der Waals surface area contributed by atoms with Gasteiger partial charge in [0.2, 0.25) is 0 Å². The fourth-order valence-corrected chi connectivity index (χ4v) is 3.96. The van der Waals surface area contributed by atoms with E-state index in [1.807, 2.05) is 4.90 Å². The Morgan fingerprint density at radius 3 is 2.53 bits per heavy atom. The minimum atomic E-state index is -0.564. The summed E-state index contributed by atoms with van der Waals surface area (Å²) in [4.78, 5) is 54.3. The summed E-state index contributed by atoms with van der Waals surface area (Å²) in [5.41, 5.74) is 0.669. The molecule has 10 heteroatoms. The zero-order chi connectivity index (χ0) is 22.7. The van der Waals surface area contributed by atoms with Crippen LogP contribution in [0.1, 0.15) is 20.7 Å². The molecule has 0 spiro atoms. The third-order valence-corrected chi connectivity index (χ3v) is 5.55. The maximum Gasteiger partial charge on any atom is 0.270 e. The minimum Gasteiger partial charge on any atom is -0.314 e. The van der Waals surface area contributed by atoms with Gasteiger partial charge in [-0.25, -0.2) is 0 Å². The summed E-state index contributed by atoms with van der Waals surface area (Å²) in [7, 11) is 0. The number of carbonyl (C=O) groups is 3. The van der Waals surface area contributed by atoms with Gasteiger partial charge in [-0.15, -0.1) is 0 Å². The summed E-state index contributed by atoms with van der Waals surface area (Å²) < 4.78 is 0. The van der Waals surface area contributed by atoms with Crippen LogP contribution in [0.3, 0.4) is 0 Å². The van der Waals surface area contributed by atoms with E-state index in [2.05, 4.69) is 5.32 Å². The molecule has 1 N–H and O–H groups in total. The number of nitrogens with zero attached hydrogens (tertiary/aromatic N) is 4. The van der Waals surface area contributed by atoms with Gasteiger partial charge in [-0.3, -0.25) is 34.3 Å². The zero-order valence-electron chi connectivity index (χ0n) is 17.4. The zero-order valence-corrected chi connectivity index (χ0v) is 17.4. The van der Waals surface area contributed by atoms with Crippen LogP contribution in [0.2, 0.25) is 0 Å². The number of hydrogen-bond acceptors (Lipinski definition) is 7. The monoisotopic (exact) mass is 437 g/mol. The Morgan fingerprint density at radius 1 is 1.03 bits per heavy atom. The number of fused-ring (bicyclic) bond motifs is 1. The van der Waals surface area contributed by atoms with Crippen molar-refractivity contribution in [3.8, 4) is 0 Å². The van der Waals surface area contributed by atoms with Crippen LogP contribution in [0.4, 0.5) is 11.4 Å². The largest absolute Gasteiger partial charge is 0.314 e. The van der Waals surface area contributed by atoms with Crippen LogP contribution >= 0.6 is 0 Å². The summed E-state index contributed by atoms with van der Waals surface area (Å²) in [6.07, 6.45) is 0. The van der Waals surface area contributed by atoms with Crippen LogP contribution in [0.25, 0.3) is 0 Å². The van der Waals surface area contributed by atoms with Crippen LogP contribution in [0, 0.1) is 10.1 Å². The number of para-hydroxylation sites is 1. The normalized spacial score (nSPS) is 16.6. The number of nitro benzene ring substituents is 1. The first-order chi connectivity index (χ1) is 15.4. The molecule has 4 rings (SSSR count). The molecule has 2 aromatic carbocycles. The van der Waals surface area contributed by atoms with Crippen molar-refractivity contribution in [1.29, 1.82) is 0 Å². The SMILES string of the molecule is O=C(CN1CCNCC1)CN1CN(C(=O)c2cccc([N+](=O)[O-])c2)c2ccccc2C1=O. The van der Waals surface area contributed by atoms with Crippen molar-refractivity contribution in [2.24, 2.45) is 0 Å². The molecular weight excluding hydrogens is 414 g/mol. The summed E-state index contributed by atoms with van der Waals surface area (Å²) in [6, 6.07) is 12.1. The highest BCUT2D eigenvalue weighted by molar-refractivity contribution is 6.13. The van der Waals surface area contributed by atoms with Gasteiger partial charge in [-0.2, -0.15) is 0 Å². The number of hydrogen-bond donors (Lipinski definition) is 1. The van der Waals surface area contributed by atoms with Crippen molar-refractivity contribution in [3.63, 3.8) is 0 Å². The molecule has 2 aliphatic heterocycles. The average molecular weight is 437 g/mol. The van der Waals surface area contributed by atoms with E-state index < -0.39 is 10.8 Å². The van der Waals surface area contributed by atoms with Crippen LogP contribution in [-0.2, 0) is 4.79 Å². The molecule has 32 heavy (non-hydrogen) atoms. The van der Waals surface area contributed by atoms with E-state index in [1.165, 1.54) is 34.1 Å². The van der Waals surface area contributed by atoms with E-state index in [-0.39, 0.29) is 42.7 Å². The number of ketones is 1. The van der Waals surface area contributed by atoms with Gasteiger partial charge in [0.1, 0.15) is 6.67 Å². The Labute approximate surface area is 184 Å². The summed E-state index contributed by atoms with van der Waals surface area (Å²) >= 11 is 0. The van der Waals surface area contributed by atoms with E-state index >= 15 is 0 Å². The van der Waals surface area contributed by atoms with E-state index in [4.69, 9.17) is 0 Å². The van der Waals surface area contributed by atoms with E-state index in [1.54, 1.807) is 24.3 Å². The number of Topliss-reactive ketones (excluding diaryl/α,β-unsaturated/α-hetero) is 1. The molecule has 0 aliphatic carbocycles. The summed E-state index contributed by atoms with van der Waals surface area (Å²) in [5.74, 6) is -0.909. The predicted molar refractivity (Wildman–Crippen MR) is 117 cm³/mol. The van der Waals surface area contributed by atoms with Gasteiger partial charge in [0.05, 0.1) is 29.3 Å². The highest BCUT2D eigenvalue weighted by Crippen LogP contribution is 2.29. The van der Waals surface area contributed by atoms with Crippen molar-refractivity contribution < 1.29 is 19.3 Å². The van der Waals surface area contributed by atoms with Crippen LogP contribution in [0.15, 0.2) is 48.5 Å². The number of piperazine rings is 1. The van der Waals surface area contributed by atoms with Crippen LogP contribution < -0.4 is 10.2 Å². The number of rotatable bonds is 6. The molecular formula is C22H23N5O5. The number of benzene rings is 2. The van der Waals surface area contributed by atoms with Gasteiger partial charge < -0.3 is 10.2 Å². The van der Waals surface area contributed by atoms with Crippen LogP contribution in [-0.4, -0.2) is 78.3 Å². The quantitative estimate of drug-likeness (QED) is 0.532. The van der Waals surface area contributed by atoms with Crippen molar-refractivity contribution in [3.05, 3.63) is 69.8 Å². The van der Waals surface area contributed by atoms with Gasteiger partial charge in [0.25, 0.3) is 17.5 Å². The van der Waals surface area contributed by atoms with Gasteiger partial charge >= 0.3 is 0 Å². The second-order valence-electron chi connectivity index (χ2n) is 7.77. The van der Waals surface area contributed by atoms with Gasteiger partial charge in [-0.05, 0) is 18.2 Å². The Kier molecular flexibility index (Phi) is 6.24. The lowest BCUT2D eigenvalue weighted by atomic mass is 10.1. The number of anilines is 1. The first kappa shape index (κ1) is 21.6. The van der Waals surface area contributed by atoms with E-state index in [0.717, 1.165) is 26.2 Å². The fraction of sp³-hybridized carbons (Fsp3) is 0.318. The van der Waals surface area contributed by atoms with Crippen molar-refractivity contribution in [2.45, 2.75) is 0 Å². The lowest BCUT2D eigenvalue weighted by molar-refractivity contribution is -0.384. The molecule has 1 fully saturated rings. The second-order valence-corrected chi connectivity index (χ2v) is 7.77. The third kappa shape index (κ3) is 4.51. The second kappa shape index (κ2) is 9.25. The molecule has 0 bridgehead atoms. The Balaban J connectivity index is 1.57. The summed E-state index contributed by atoms with van der Waals surface area (Å²) in [5, 5.41) is 14.3. The molecule has 2 aromatic rings. The first-order valence-electron chi connectivity index (χ1n) is 10.3. The van der Waals surface area contributed by atoms with Gasteiger partial charge in [0, 0.05) is 43.9 Å². The maximum atomic E-state index is 13.3. The number of amides is 2. The molecule has 0 unspecified atom stereocenters. The lowest BCUT2D eigenvalue weighted by Crippen LogP contribution is -2.52. The number of carbonyl (C=O) groups excluding carboxylic acids is 3. The Morgan fingerprint density at radius 2 is 1.78 bits per heavy atom. The smallest absolute Gasteiger partial charge is 0.270 e. The molecule has 166 valence electrons. The minimum absolute atomic E-state index is 0.106. The van der Waals surface area contributed by atoms with Crippen LogP contribution in [0.5, 0.6) is 0 Å². The molecule has 0 atom stereocenters. The topological polar surface area (TPSA) is 116 Å². The standard InChI is InChI=1S/C22H23N5O5/c28-18(13-24-10-8-23-9-11-24)14-25-15-26(20-7-2-1-6-19(20)22(25)30)21(29)16-4-3-5-17(12-16)27(31)32/h1-7,12,23H,8-11,13-15H2. The fourth-order valence-electron chi connectivity index (χ4n) is 3.96. The number of non-ortho nitro benzene ring substituents is 1. The van der Waals surface area contributed by atoms with Crippen molar-refractivity contribution in [1.82, 2.24) is 15.1 Å². The molecule has 1 saturated heterocycles. The highest BCUT2D eigenvalue weighted by atomic mass is 16.6. The van der Waals surface area contributed by atoms with E-state index in [9.17, 15) is 24.5 Å². The third-order valence-electron chi connectivity index (χ3n) is 5.55. The molecule has 2 amide bonds. The van der Waals surface area contributed by atoms with Gasteiger partial charge in [-0.1, -0.05) is 18.2 Å². The Bertz CT molecular complexity index is 1070. The number of nitrogens with one attached hydrogen (secondary N) is 1. The van der Waals surface area contributed by atoms with Crippen molar-refractivity contribution in [2.75, 3.05) is 50.8 Å². The Hall–Kier alpha value is -3.63. The molecule has 10 nitrogen and oxygen atoms in total. The molecule has 0 aromatic heterocycles. The van der Waals surface area contributed by atoms with E-state index in [0.29, 0.717) is 11.3 Å². The number of nitro groups is 1. The van der Waals surface area contributed by atoms with Crippen molar-refractivity contribution >= 4 is 29.0 Å². The maximum absolute atomic E-state index is 13.3. The summed E-state index contributed by atoms with van der Waals surface area (Å²) in [6.45, 7) is 3.18. The average Bonchev–Trinajstić information content (AvgIpc) is 2.81. The molecule has 2 aliphatic rings. The molecule has 0 radical (unpaired) electrons. The first-order valence-corrected chi connectivity index (χ1v) is 10.3. The lowest BCUT2D eigenvalue weighted by Gasteiger charge is -2.37. The highest BCUT2D eigenvalue weighted by Gasteiger charge is 2.34.